The number of hydrogen-bond acceptors (Lipinski definition) is 4. The summed E-state index contributed by atoms with van der Waals surface area (Å²) >= 11 is 0. The minimum absolute atomic E-state index is 0.0954. The van der Waals surface area contributed by atoms with E-state index in [9.17, 15) is 13.2 Å². The first-order valence-electron chi connectivity index (χ1n) is 7.85. The summed E-state index contributed by atoms with van der Waals surface area (Å²) in [4.78, 5) is 15.7. The molecule has 1 aromatic heterocycles. The zero-order valence-corrected chi connectivity index (χ0v) is 15.0. The highest BCUT2D eigenvalue weighted by molar-refractivity contribution is 7.91. The maximum absolute atomic E-state index is 12.1. The Balaban J connectivity index is 1.84. The molecule has 0 aliphatic heterocycles. The van der Waals surface area contributed by atoms with E-state index in [0.29, 0.717) is 18.9 Å². The summed E-state index contributed by atoms with van der Waals surface area (Å²) in [6.07, 6.45) is 3.59. The molecule has 0 atom stereocenters. The molecule has 0 aliphatic carbocycles. The molecule has 130 valence electrons. The first kappa shape index (κ1) is 18.2. The molecule has 0 fully saturated rings. The second-order valence-corrected chi connectivity index (χ2v) is 7.96. The van der Waals surface area contributed by atoms with Crippen LogP contribution in [0.5, 0.6) is 0 Å². The standard InChI is InChI=1S/C17H23N3O3S/c1-13(2)15-6-4-14(5-7-15)8-9-18-16(21)12-24(22,23)17-19-10-11-20(17)3/h4-7,10-11,13H,8-9,12H2,1-3H3,(H,18,21). The third-order valence-electron chi connectivity index (χ3n) is 3.76. The molecule has 1 heterocycles. The van der Waals surface area contributed by atoms with Crippen molar-refractivity contribution in [2.45, 2.75) is 31.3 Å². The van der Waals surface area contributed by atoms with Crippen molar-refractivity contribution >= 4 is 15.7 Å². The number of aromatic nitrogens is 2. The number of sulfone groups is 1. The second-order valence-electron chi connectivity index (χ2n) is 6.08. The lowest BCUT2D eigenvalue weighted by Crippen LogP contribution is -2.32. The molecule has 24 heavy (non-hydrogen) atoms. The largest absolute Gasteiger partial charge is 0.355 e. The van der Waals surface area contributed by atoms with E-state index < -0.39 is 21.5 Å². The zero-order valence-electron chi connectivity index (χ0n) is 14.2. The molecule has 0 bridgehead atoms. The van der Waals surface area contributed by atoms with Gasteiger partial charge in [-0.2, -0.15) is 0 Å². The van der Waals surface area contributed by atoms with Crippen molar-refractivity contribution in [2.24, 2.45) is 7.05 Å². The number of nitrogens with one attached hydrogen (secondary N) is 1. The first-order chi connectivity index (χ1) is 11.3. The summed E-state index contributed by atoms with van der Waals surface area (Å²) in [6, 6.07) is 8.22. The molecule has 0 radical (unpaired) electrons. The lowest BCUT2D eigenvalue weighted by Gasteiger charge is -2.08. The number of amides is 1. The molecule has 2 aromatic rings. The highest BCUT2D eigenvalue weighted by Crippen LogP contribution is 2.14. The average molecular weight is 349 g/mol. The third-order valence-corrected chi connectivity index (χ3v) is 5.35. The Morgan fingerprint density at radius 2 is 1.92 bits per heavy atom. The van der Waals surface area contributed by atoms with Gasteiger partial charge in [0.05, 0.1) is 0 Å². The van der Waals surface area contributed by atoms with Gasteiger partial charge in [-0.15, -0.1) is 0 Å². The Labute approximate surface area is 142 Å². The summed E-state index contributed by atoms with van der Waals surface area (Å²) in [5, 5.41) is 2.56. The first-order valence-corrected chi connectivity index (χ1v) is 9.50. The van der Waals surface area contributed by atoms with E-state index in [1.54, 1.807) is 7.05 Å². The predicted octanol–water partition coefficient (Wildman–Crippen LogP) is 1.68. The maximum atomic E-state index is 12.1. The molecule has 0 unspecified atom stereocenters. The van der Waals surface area contributed by atoms with Gasteiger partial charge in [0.25, 0.3) is 0 Å². The Bertz CT molecular complexity index is 793. The average Bonchev–Trinajstić information content (AvgIpc) is 2.94. The summed E-state index contributed by atoms with van der Waals surface area (Å²) in [6.45, 7) is 4.67. The Hall–Kier alpha value is -2.15. The number of hydrogen-bond donors (Lipinski definition) is 1. The number of nitrogens with zero attached hydrogens (tertiary/aromatic N) is 2. The van der Waals surface area contributed by atoms with Gasteiger partial charge >= 0.3 is 0 Å². The summed E-state index contributed by atoms with van der Waals surface area (Å²) in [5.74, 6) is -0.628. The van der Waals surface area contributed by atoms with Crippen LogP contribution in [-0.2, 0) is 28.1 Å². The number of carbonyl (C=O) groups excluding carboxylic acids is 1. The van der Waals surface area contributed by atoms with Crippen LogP contribution in [0, 0.1) is 0 Å². The van der Waals surface area contributed by atoms with Gasteiger partial charge in [-0.1, -0.05) is 38.1 Å². The summed E-state index contributed by atoms with van der Waals surface area (Å²) in [5.41, 5.74) is 2.37. The van der Waals surface area contributed by atoms with Crippen LogP contribution in [0.4, 0.5) is 0 Å². The van der Waals surface area contributed by atoms with E-state index in [1.807, 2.05) is 12.1 Å². The van der Waals surface area contributed by atoms with E-state index in [0.717, 1.165) is 5.56 Å². The minimum Gasteiger partial charge on any atom is -0.355 e. The molecule has 0 spiro atoms. The minimum atomic E-state index is -3.72. The highest BCUT2D eigenvalue weighted by Gasteiger charge is 2.23. The molecule has 2 rings (SSSR count). The molecule has 0 saturated carbocycles. The van der Waals surface area contributed by atoms with Crippen LogP contribution in [0.3, 0.4) is 0 Å². The fraction of sp³-hybridized carbons (Fsp3) is 0.412. The van der Waals surface area contributed by atoms with Gasteiger partial charge in [-0.05, 0) is 23.5 Å². The Kier molecular flexibility index (Phi) is 5.77. The molecular formula is C17H23N3O3S. The Morgan fingerprint density at radius 1 is 1.25 bits per heavy atom. The number of rotatable bonds is 7. The van der Waals surface area contributed by atoms with Crippen molar-refractivity contribution < 1.29 is 13.2 Å². The van der Waals surface area contributed by atoms with Crippen molar-refractivity contribution in [1.29, 1.82) is 0 Å². The quantitative estimate of drug-likeness (QED) is 0.824. The van der Waals surface area contributed by atoms with Crippen LogP contribution in [-0.4, -0.2) is 36.2 Å². The van der Waals surface area contributed by atoms with Gasteiger partial charge in [0.15, 0.2) is 0 Å². The van der Waals surface area contributed by atoms with Crippen molar-refractivity contribution in [3.8, 4) is 0 Å². The van der Waals surface area contributed by atoms with Crippen molar-refractivity contribution in [2.75, 3.05) is 12.3 Å². The lowest BCUT2D eigenvalue weighted by atomic mass is 10.0. The van der Waals surface area contributed by atoms with Crippen LogP contribution in [0.25, 0.3) is 0 Å². The number of imidazole rings is 1. The molecular weight excluding hydrogens is 326 g/mol. The normalized spacial score (nSPS) is 11.7. The molecule has 0 saturated heterocycles. The number of benzene rings is 1. The van der Waals surface area contributed by atoms with Gasteiger partial charge in [-0.3, -0.25) is 4.79 Å². The topological polar surface area (TPSA) is 81.1 Å². The van der Waals surface area contributed by atoms with E-state index in [2.05, 4.69) is 36.3 Å². The van der Waals surface area contributed by atoms with Gasteiger partial charge in [-0.25, -0.2) is 13.4 Å². The highest BCUT2D eigenvalue weighted by atomic mass is 32.2. The molecule has 1 aromatic carbocycles. The van der Waals surface area contributed by atoms with Crippen molar-refractivity contribution in [3.63, 3.8) is 0 Å². The van der Waals surface area contributed by atoms with E-state index >= 15 is 0 Å². The fourth-order valence-corrected chi connectivity index (χ4v) is 3.65. The van der Waals surface area contributed by atoms with E-state index in [4.69, 9.17) is 0 Å². The lowest BCUT2D eigenvalue weighted by molar-refractivity contribution is -0.118. The third kappa shape index (κ3) is 4.67. The van der Waals surface area contributed by atoms with E-state index in [-0.39, 0.29) is 5.16 Å². The predicted molar refractivity (Wildman–Crippen MR) is 92.5 cm³/mol. The number of aryl methyl sites for hydroxylation is 1. The number of carbonyl (C=O) groups is 1. The van der Waals surface area contributed by atoms with Crippen molar-refractivity contribution in [3.05, 3.63) is 47.8 Å². The molecule has 0 aliphatic rings. The molecule has 7 heteroatoms. The van der Waals surface area contributed by atoms with Gasteiger partial charge in [0.2, 0.25) is 20.9 Å². The van der Waals surface area contributed by atoms with Crippen LogP contribution >= 0.6 is 0 Å². The van der Waals surface area contributed by atoms with Gasteiger partial charge < -0.3 is 9.88 Å². The zero-order chi connectivity index (χ0) is 17.7. The second kappa shape index (κ2) is 7.61. The van der Waals surface area contributed by atoms with Crippen LogP contribution in [0.1, 0.15) is 30.9 Å². The SMILES string of the molecule is CC(C)c1ccc(CCNC(=O)CS(=O)(=O)c2nccn2C)cc1. The van der Waals surface area contributed by atoms with E-state index in [1.165, 1.54) is 22.5 Å². The van der Waals surface area contributed by atoms with Gasteiger partial charge in [0.1, 0.15) is 5.75 Å². The maximum Gasteiger partial charge on any atom is 0.235 e. The summed E-state index contributed by atoms with van der Waals surface area (Å²) < 4.78 is 25.6. The molecule has 6 nitrogen and oxygen atoms in total. The molecule has 1 amide bonds. The smallest absolute Gasteiger partial charge is 0.235 e. The van der Waals surface area contributed by atoms with Gasteiger partial charge in [0, 0.05) is 26.0 Å². The monoisotopic (exact) mass is 349 g/mol. The van der Waals surface area contributed by atoms with Crippen LogP contribution in [0.15, 0.2) is 41.8 Å². The van der Waals surface area contributed by atoms with Crippen molar-refractivity contribution in [1.82, 2.24) is 14.9 Å². The molecule has 1 N–H and O–H groups in total. The fourth-order valence-electron chi connectivity index (χ4n) is 2.36. The van der Waals surface area contributed by atoms with Crippen LogP contribution in [0.2, 0.25) is 0 Å². The summed E-state index contributed by atoms with van der Waals surface area (Å²) in [7, 11) is -2.14. The van der Waals surface area contributed by atoms with Crippen LogP contribution < -0.4 is 5.32 Å². The Morgan fingerprint density at radius 3 is 2.46 bits per heavy atom.